The Morgan fingerprint density at radius 1 is 1.43 bits per heavy atom. The van der Waals surface area contributed by atoms with E-state index in [1.807, 2.05) is 6.33 Å². The van der Waals surface area contributed by atoms with Gasteiger partial charge in [-0.15, -0.1) is 0 Å². The van der Waals surface area contributed by atoms with Crippen molar-refractivity contribution in [2.24, 2.45) is 5.73 Å². The summed E-state index contributed by atoms with van der Waals surface area (Å²) >= 11 is 0. The van der Waals surface area contributed by atoms with Crippen molar-refractivity contribution in [3.05, 3.63) is 30.1 Å². The summed E-state index contributed by atoms with van der Waals surface area (Å²) in [5, 5.41) is 0. The lowest BCUT2D eigenvalue weighted by Gasteiger charge is -2.01. The molecule has 0 fully saturated rings. The molecule has 1 heterocycles. The van der Waals surface area contributed by atoms with Gasteiger partial charge in [-0.1, -0.05) is 13.0 Å². The van der Waals surface area contributed by atoms with Crippen LogP contribution in [0.25, 0.3) is 11.0 Å². The van der Waals surface area contributed by atoms with E-state index in [-0.39, 0.29) is 0 Å². The first-order chi connectivity index (χ1) is 6.85. The van der Waals surface area contributed by atoms with Crippen LogP contribution in [0.1, 0.15) is 18.9 Å². The summed E-state index contributed by atoms with van der Waals surface area (Å²) in [4.78, 5) is 4.35. The summed E-state index contributed by atoms with van der Waals surface area (Å²) in [5.41, 5.74) is 8.95. The van der Waals surface area contributed by atoms with Crippen LogP contribution in [0.4, 0.5) is 0 Å². The number of aryl methyl sites for hydroxylation is 1. The van der Waals surface area contributed by atoms with Crippen molar-refractivity contribution in [1.82, 2.24) is 9.55 Å². The standard InChI is InChI=1S/C11H15N3/c1-2-5-14-8-13-10-6-9(7-12)3-4-11(10)14/h3-4,6,8H,2,5,7,12H2,1H3. The minimum Gasteiger partial charge on any atom is -0.331 e. The number of aromatic nitrogens is 2. The van der Waals surface area contributed by atoms with E-state index in [9.17, 15) is 0 Å². The average molecular weight is 189 g/mol. The van der Waals surface area contributed by atoms with Crippen LogP contribution in [0, 0.1) is 0 Å². The van der Waals surface area contributed by atoms with Crippen LogP contribution in [-0.4, -0.2) is 9.55 Å². The van der Waals surface area contributed by atoms with Crippen molar-refractivity contribution in [1.29, 1.82) is 0 Å². The molecule has 14 heavy (non-hydrogen) atoms. The van der Waals surface area contributed by atoms with E-state index in [1.165, 1.54) is 5.52 Å². The van der Waals surface area contributed by atoms with Gasteiger partial charge in [0.05, 0.1) is 17.4 Å². The monoisotopic (exact) mass is 189 g/mol. The van der Waals surface area contributed by atoms with E-state index in [0.717, 1.165) is 24.0 Å². The highest BCUT2D eigenvalue weighted by Gasteiger charge is 2.01. The quantitative estimate of drug-likeness (QED) is 0.801. The van der Waals surface area contributed by atoms with E-state index >= 15 is 0 Å². The highest BCUT2D eigenvalue weighted by atomic mass is 15.0. The summed E-state index contributed by atoms with van der Waals surface area (Å²) in [5.74, 6) is 0. The van der Waals surface area contributed by atoms with Crippen molar-refractivity contribution in [2.75, 3.05) is 0 Å². The number of rotatable bonds is 3. The molecule has 0 spiro atoms. The van der Waals surface area contributed by atoms with Crippen LogP contribution in [0.5, 0.6) is 0 Å². The van der Waals surface area contributed by atoms with Crippen LogP contribution in [0.2, 0.25) is 0 Å². The van der Waals surface area contributed by atoms with Crippen molar-refractivity contribution >= 4 is 11.0 Å². The molecule has 0 saturated heterocycles. The summed E-state index contributed by atoms with van der Waals surface area (Å²) in [6, 6.07) is 6.22. The Bertz CT molecular complexity index is 431. The first-order valence-corrected chi connectivity index (χ1v) is 4.99. The van der Waals surface area contributed by atoms with E-state index in [0.29, 0.717) is 6.54 Å². The molecule has 0 aliphatic carbocycles. The average Bonchev–Trinajstić information content (AvgIpc) is 2.61. The third-order valence-electron chi connectivity index (χ3n) is 2.39. The second-order valence-electron chi connectivity index (χ2n) is 3.47. The Morgan fingerprint density at radius 3 is 3.00 bits per heavy atom. The number of nitrogens with two attached hydrogens (primary N) is 1. The lowest BCUT2D eigenvalue weighted by Crippen LogP contribution is -1.97. The molecule has 2 rings (SSSR count). The van der Waals surface area contributed by atoms with E-state index in [2.05, 4.69) is 34.7 Å². The Morgan fingerprint density at radius 2 is 2.29 bits per heavy atom. The Kier molecular flexibility index (Phi) is 2.50. The van der Waals surface area contributed by atoms with Gasteiger partial charge in [-0.25, -0.2) is 4.98 Å². The van der Waals surface area contributed by atoms with Crippen molar-refractivity contribution in [3.63, 3.8) is 0 Å². The van der Waals surface area contributed by atoms with E-state index < -0.39 is 0 Å². The number of imidazole rings is 1. The maximum absolute atomic E-state index is 5.57. The second-order valence-corrected chi connectivity index (χ2v) is 3.47. The fourth-order valence-electron chi connectivity index (χ4n) is 1.66. The van der Waals surface area contributed by atoms with Crippen molar-refractivity contribution in [2.45, 2.75) is 26.4 Å². The van der Waals surface area contributed by atoms with Gasteiger partial charge in [0.1, 0.15) is 0 Å². The molecule has 3 nitrogen and oxygen atoms in total. The third-order valence-corrected chi connectivity index (χ3v) is 2.39. The summed E-state index contributed by atoms with van der Waals surface area (Å²) in [6.07, 6.45) is 3.03. The molecule has 0 atom stereocenters. The van der Waals surface area contributed by atoms with Gasteiger partial charge in [0.2, 0.25) is 0 Å². The van der Waals surface area contributed by atoms with Gasteiger partial charge in [0.15, 0.2) is 0 Å². The molecule has 1 aromatic heterocycles. The number of benzene rings is 1. The minimum atomic E-state index is 0.580. The van der Waals surface area contributed by atoms with Crippen LogP contribution < -0.4 is 5.73 Å². The van der Waals surface area contributed by atoms with Gasteiger partial charge in [-0.2, -0.15) is 0 Å². The molecule has 2 aromatic rings. The Balaban J connectivity index is 2.48. The Hall–Kier alpha value is -1.35. The lowest BCUT2D eigenvalue weighted by atomic mass is 10.2. The first kappa shape index (κ1) is 9.21. The molecule has 0 bridgehead atoms. The number of fused-ring (bicyclic) bond motifs is 1. The van der Waals surface area contributed by atoms with Gasteiger partial charge in [-0.3, -0.25) is 0 Å². The molecule has 74 valence electrons. The molecule has 0 amide bonds. The van der Waals surface area contributed by atoms with Crippen molar-refractivity contribution in [3.8, 4) is 0 Å². The number of hydrogen-bond acceptors (Lipinski definition) is 2. The molecular weight excluding hydrogens is 174 g/mol. The van der Waals surface area contributed by atoms with Gasteiger partial charge in [0.25, 0.3) is 0 Å². The molecule has 0 saturated carbocycles. The SMILES string of the molecule is CCCn1cnc2cc(CN)ccc21. The predicted octanol–water partition coefficient (Wildman–Crippen LogP) is 1.91. The highest BCUT2D eigenvalue weighted by Crippen LogP contribution is 2.14. The maximum Gasteiger partial charge on any atom is 0.0958 e. The smallest absolute Gasteiger partial charge is 0.0958 e. The summed E-state index contributed by atoms with van der Waals surface area (Å²) < 4.78 is 2.18. The van der Waals surface area contributed by atoms with Gasteiger partial charge in [-0.05, 0) is 24.1 Å². The van der Waals surface area contributed by atoms with Crippen molar-refractivity contribution < 1.29 is 0 Å². The lowest BCUT2D eigenvalue weighted by molar-refractivity contribution is 0.697. The zero-order valence-electron chi connectivity index (χ0n) is 8.40. The molecular formula is C11H15N3. The molecule has 0 aliphatic rings. The van der Waals surface area contributed by atoms with E-state index in [4.69, 9.17) is 5.73 Å². The normalized spacial score (nSPS) is 11.0. The fourth-order valence-corrected chi connectivity index (χ4v) is 1.66. The van der Waals surface area contributed by atoms with Gasteiger partial charge < -0.3 is 10.3 Å². The zero-order chi connectivity index (χ0) is 9.97. The summed E-state index contributed by atoms with van der Waals surface area (Å²) in [6.45, 7) is 3.77. The highest BCUT2D eigenvalue weighted by molar-refractivity contribution is 5.76. The number of nitrogens with zero attached hydrogens (tertiary/aromatic N) is 2. The molecule has 0 unspecified atom stereocenters. The fraction of sp³-hybridized carbons (Fsp3) is 0.364. The third kappa shape index (κ3) is 1.51. The second kappa shape index (κ2) is 3.80. The topological polar surface area (TPSA) is 43.8 Å². The van der Waals surface area contributed by atoms with Crippen LogP contribution in [0.3, 0.4) is 0 Å². The number of hydrogen-bond donors (Lipinski definition) is 1. The van der Waals surface area contributed by atoms with Crippen LogP contribution in [0.15, 0.2) is 24.5 Å². The first-order valence-electron chi connectivity index (χ1n) is 4.99. The minimum absolute atomic E-state index is 0.580. The Labute approximate surface area is 83.6 Å². The largest absolute Gasteiger partial charge is 0.331 e. The molecule has 3 heteroatoms. The van der Waals surface area contributed by atoms with Gasteiger partial charge in [0, 0.05) is 13.1 Å². The predicted molar refractivity (Wildman–Crippen MR) is 57.9 cm³/mol. The molecule has 1 aromatic carbocycles. The van der Waals surface area contributed by atoms with Crippen LogP contribution in [-0.2, 0) is 13.1 Å². The molecule has 0 aliphatic heterocycles. The van der Waals surface area contributed by atoms with E-state index in [1.54, 1.807) is 0 Å². The van der Waals surface area contributed by atoms with Crippen LogP contribution >= 0.6 is 0 Å². The maximum atomic E-state index is 5.57. The van der Waals surface area contributed by atoms with Gasteiger partial charge >= 0.3 is 0 Å². The zero-order valence-corrected chi connectivity index (χ0v) is 8.40. The molecule has 2 N–H and O–H groups in total. The molecule has 0 radical (unpaired) electrons. The summed E-state index contributed by atoms with van der Waals surface area (Å²) in [7, 11) is 0.